The van der Waals surface area contributed by atoms with Gasteiger partial charge in [0.05, 0.1) is 5.56 Å². The van der Waals surface area contributed by atoms with Gasteiger partial charge in [0.2, 0.25) is 0 Å². The van der Waals surface area contributed by atoms with E-state index in [0.29, 0.717) is 24.8 Å². The molecule has 0 aliphatic rings. The Morgan fingerprint density at radius 3 is 1.36 bits per heavy atom. The summed E-state index contributed by atoms with van der Waals surface area (Å²) in [6, 6.07) is 13.8. The van der Waals surface area contributed by atoms with Crippen molar-refractivity contribution in [2.45, 2.75) is 91.3 Å². The van der Waals surface area contributed by atoms with Gasteiger partial charge < -0.3 is 14.6 Å². The van der Waals surface area contributed by atoms with E-state index in [1.54, 1.807) is 36.4 Å². The fourth-order valence-electron chi connectivity index (χ4n) is 3.38. The molecule has 1 amide bonds. The van der Waals surface area contributed by atoms with Crippen LogP contribution in [0.5, 0.6) is 0 Å². The summed E-state index contributed by atoms with van der Waals surface area (Å²) in [7, 11) is 0. The molecule has 0 saturated carbocycles. The lowest BCUT2D eigenvalue weighted by Crippen LogP contribution is -2.29. The Labute approximate surface area is 231 Å². The highest BCUT2D eigenvalue weighted by molar-refractivity contribution is 5.93. The Kier molecular flexibility index (Phi) is 13.4. The van der Waals surface area contributed by atoms with Crippen LogP contribution in [-0.2, 0) is 31.9 Å². The minimum atomic E-state index is -0.930. The molecule has 0 unspecified atom stereocenters. The van der Waals surface area contributed by atoms with Crippen molar-refractivity contribution in [2.24, 2.45) is 5.84 Å². The van der Waals surface area contributed by atoms with Crippen LogP contribution in [0.3, 0.4) is 0 Å². The third-order valence-corrected chi connectivity index (χ3v) is 5.08. The highest BCUT2D eigenvalue weighted by Gasteiger charge is 2.16. The predicted octanol–water partition coefficient (Wildman–Crippen LogP) is 5.00. The molecule has 0 bridgehead atoms. The molecular formula is C30H42N2O7. The van der Waals surface area contributed by atoms with Crippen LogP contribution in [0.2, 0.25) is 0 Å². The van der Waals surface area contributed by atoms with Gasteiger partial charge in [-0.25, -0.2) is 10.6 Å². The van der Waals surface area contributed by atoms with Crippen molar-refractivity contribution < 1.29 is 33.8 Å². The summed E-state index contributed by atoms with van der Waals surface area (Å²) in [5.41, 5.74) is 4.08. The van der Waals surface area contributed by atoms with Gasteiger partial charge in [0, 0.05) is 18.4 Å². The zero-order valence-electron chi connectivity index (χ0n) is 23.8. The van der Waals surface area contributed by atoms with Crippen LogP contribution in [0.1, 0.15) is 99.1 Å². The van der Waals surface area contributed by atoms with Crippen molar-refractivity contribution in [1.82, 2.24) is 5.43 Å². The number of benzene rings is 2. The lowest BCUT2D eigenvalue weighted by Gasteiger charge is -2.19. The van der Waals surface area contributed by atoms with Gasteiger partial charge >= 0.3 is 17.9 Å². The number of carboxylic acid groups (broad SMARTS) is 1. The van der Waals surface area contributed by atoms with E-state index in [9.17, 15) is 19.2 Å². The summed E-state index contributed by atoms with van der Waals surface area (Å²) in [5, 5.41) is 8.77. The van der Waals surface area contributed by atoms with E-state index >= 15 is 0 Å². The highest BCUT2D eigenvalue weighted by Crippen LogP contribution is 2.13. The molecule has 0 radical (unpaired) electrons. The number of hydrogen-bond donors (Lipinski definition) is 3. The van der Waals surface area contributed by atoms with E-state index in [4.69, 9.17) is 20.4 Å². The SMILES string of the molecule is CC(C)(C)OC(=O)CCCc1ccc(C(=O)NN)cc1.CC(C)(C)OC(=O)CCCc1ccc(C(=O)O)cc1. The van der Waals surface area contributed by atoms with E-state index in [2.05, 4.69) is 5.43 Å². The van der Waals surface area contributed by atoms with Gasteiger partial charge in [0.15, 0.2) is 0 Å². The number of hydrogen-bond acceptors (Lipinski definition) is 7. The predicted molar refractivity (Wildman–Crippen MR) is 149 cm³/mol. The van der Waals surface area contributed by atoms with Gasteiger partial charge in [-0.05, 0) is 103 Å². The fraction of sp³-hybridized carbons (Fsp3) is 0.467. The first-order valence-corrected chi connectivity index (χ1v) is 13.0. The molecule has 214 valence electrons. The fourth-order valence-corrected chi connectivity index (χ4v) is 3.38. The van der Waals surface area contributed by atoms with Gasteiger partial charge in [-0.15, -0.1) is 0 Å². The molecule has 0 atom stereocenters. The number of aryl methyl sites for hydroxylation is 2. The molecule has 0 aromatic heterocycles. The molecule has 0 saturated heterocycles. The summed E-state index contributed by atoms with van der Waals surface area (Å²) >= 11 is 0. The first-order valence-electron chi connectivity index (χ1n) is 13.0. The maximum atomic E-state index is 11.5. The van der Waals surface area contributed by atoms with Crippen LogP contribution < -0.4 is 11.3 Å². The topological polar surface area (TPSA) is 145 Å². The Morgan fingerprint density at radius 1 is 0.692 bits per heavy atom. The molecule has 39 heavy (non-hydrogen) atoms. The number of carbonyl (C=O) groups is 4. The minimum Gasteiger partial charge on any atom is -0.478 e. The number of nitrogens with one attached hydrogen (secondary N) is 1. The van der Waals surface area contributed by atoms with E-state index < -0.39 is 17.2 Å². The molecule has 0 heterocycles. The molecule has 9 heteroatoms. The van der Waals surface area contributed by atoms with Crippen molar-refractivity contribution in [3.8, 4) is 0 Å². The highest BCUT2D eigenvalue weighted by atomic mass is 16.6. The lowest BCUT2D eigenvalue weighted by molar-refractivity contribution is -0.156. The van der Waals surface area contributed by atoms with Crippen LogP contribution >= 0.6 is 0 Å². The Bertz CT molecular complexity index is 1080. The van der Waals surface area contributed by atoms with Crippen molar-refractivity contribution in [3.63, 3.8) is 0 Å². The average molecular weight is 543 g/mol. The molecule has 0 spiro atoms. The zero-order valence-corrected chi connectivity index (χ0v) is 23.8. The molecule has 2 rings (SSSR count). The number of nitrogen functional groups attached to an aromatic ring is 1. The molecule has 0 aliphatic heterocycles. The smallest absolute Gasteiger partial charge is 0.335 e. The summed E-state index contributed by atoms with van der Waals surface area (Å²) in [5.74, 6) is 3.43. The van der Waals surface area contributed by atoms with Crippen molar-refractivity contribution in [2.75, 3.05) is 0 Å². The van der Waals surface area contributed by atoms with Crippen LogP contribution in [0.15, 0.2) is 48.5 Å². The quantitative estimate of drug-likeness (QED) is 0.165. The molecule has 9 nitrogen and oxygen atoms in total. The monoisotopic (exact) mass is 542 g/mol. The summed E-state index contributed by atoms with van der Waals surface area (Å²) in [6.45, 7) is 11.1. The third-order valence-electron chi connectivity index (χ3n) is 5.08. The summed E-state index contributed by atoms with van der Waals surface area (Å²) in [4.78, 5) is 45.0. The van der Waals surface area contributed by atoms with E-state index in [-0.39, 0.29) is 23.4 Å². The normalized spacial score (nSPS) is 11.1. The number of ether oxygens (including phenoxy) is 2. The van der Waals surface area contributed by atoms with Crippen molar-refractivity contribution >= 4 is 23.8 Å². The minimum absolute atomic E-state index is 0.184. The summed E-state index contributed by atoms with van der Waals surface area (Å²) < 4.78 is 10.4. The first-order chi connectivity index (χ1) is 18.1. The molecule has 0 fully saturated rings. The van der Waals surface area contributed by atoms with E-state index in [0.717, 1.165) is 30.4 Å². The number of amides is 1. The second-order valence-corrected chi connectivity index (χ2v) is 11.1. The van der Waals surface area contributed by atoms with Crippen molar-refractivity contribution in [3.05, 3.63) is 70.8 Å². The van der Waals surface area contributed by atoms with E-state index in [1.807, 2.05) is 53.7 Å². The van der Waals surface area contributed by atoms with Gasteiger partial charge in [0.25, 0.3) is 5.91 Å². The van der Waals surface area contributed by atoms with Crippen LogP contribution in [0.25, 0.3) is 0 Å². The maximum Gasteiger partial charge on any atom is 0.335 e. The Morgan fingerprint density at radius 2 is 1.05 bits per heavy atom. The lowest BCUT2D eigenvalue weighted by atomic mass is 10.1. The molecule has 4 N–H and O–H groups in total. The van der Waals surface area contributed by atoms with Gasteiger partial charge in [-0.3, -0.25) is 19.8 Å². The van der Waals surface area contributed by atoms with Crippen LogP contribution in [-0.4, -0.2) is 40.1 Å². The largest absolute Gasteiger partial charge is 0.478 e. The average Bonchev–Trinajstić information content (AvgIpc) is 2.82. The number of hydrazine groups is 1. The third kappa shape index (κ3) is 15.3. The number of nitrogens with two attached hydrogens (primary N) is 1. The Hall–Kier alpha value is -3.72. The molecular weight excluding hydrogens is 500 g/mol. The number of esters is 2. The Balaban J connectivity index is 0.000000391. The molecule has 2 aromatic rings. The zero-order chi connectivity index (χ0) is 29.6. The molecule has 2 aromatic carbocycles. The second kappa shape index (κ2) is 15.6. The number of carbonyl (C=O) groups excluding carboxylic acids is 3. The van der Waals surface area contributed by atoms with Crippen LogP contribution in [0, 0.1) is 0 Å². The summed E-state index contributed by atoms with van der Waals surface area (Å²) in [6.07, 6.45) is 3.68. The number of rotatable bonds is 10. The van der Waals surface area contributed by atoms with Gasteiger partial charge in [0.1, 0.15) is 11.2 Å². The second-order valence-electron chi connectivity index (χ2n) is 11.1. The molecule has 0 aliphatic carbocycles. The van der Waals surface area contributed by atoms with Gasteiger partial charge in [-0.1, -0.05) is 24.3 Å². The maximum absolute atomic E-state index is 11.5. The van der Waals surface area contributed by atoms with Gasteiger partial charge in [-0.2, -0.15) is 0 Å². The first kappa shape index (κ1) is 33.3. The number of carboxylic acids is 1. The standard InChI is InChI=1S/C15H22N2O3.C15H20O4/c1-15(2,3)20-13(18)6-4-5-11-7-9-12(10-8-11)14(19)17-16;1-15(2,3)19-13(16)6-4-5-11-7-9-12(10-8-11)14(17)18/h7-10H,4-6,16H2,1-3H3,(H,17,19);7-10H,4-6H2,1-3H3,(H,17,18). The van der Waals surface area contributed by atoms with Crippen LogP contribution in [0.4, 0.5) is 0 Å². The van der Waals surface area contributed by atoms with E-state index in [1.165, 1.54) is 0 Å². The van der Waals surface area contributed by atoms with Crippen molar-refractivity contribution in [1.29, 1.82) is 0 Å². The number of aromatic carboxylic acids is 1.